The first-order chi connectivity index (χ1) is 13.4. The summed E-state index contributed by atoms with van der Waals surface area (Å²) in [5.74, 6) is -1.49. The number of pyridine rings is 1. The minimum atomic E-state index is -0.684. The van der Waals surface area contributed by atoms with Crippen molar-refractivity contribution in [2.45, 2.75) is 12.5 Å². The van der Waals surface area contributed by atoms with E-state index in [1.165, 1.54) is 22.2 Å². The number of likely N-dealkylation sites (tertiary alicyclic amines) is 1. The lowest BCUT2D eigenvalue weighted by molar-refractivity contribution is -0.858. The lowest BCUT2D eigenvalue weighted by atomic mass is 9.95. The van der Waals surface area contributed by atoms with Crippen LogP contribution >= 0.6 is 11.6 Å². The molecule has 2 aromatic rings. The molecule has 1 fully saturated rings. The van der Waals surface area contributed by atoms with Crippen molar-refractivity contribution >= 4 is 29.1 Å². The lowest BCUT2D eigenvalue weighted by Gasteiger charge is -2.25. The van der Waals surface area contributed by atoms with Crippen molar-refractivity contribution in [3.8, 4) is 0 Å². The number of quaternary nitrogens is 1. The number of halogens is 1. The van der Waals surface area contributed by atoms with E-state index in [-0.39, 0.29) is 11.3 Å². The Hall–Kier alpha value is -2.70. The molecular weight excluding hydrogens is 378 g/mol. The van der Waals surface area contributed by atoms with Crippen molar-refractivity contribution < 1.29 is 19.6 Å². The second-order valence-corrected chi connectivity index (χ2v) is 7.53. The van der Waals surface area contributed by atoms with Gasteiger partial charge in [-0.1, -0.05) is 23.7 Å². The summed E-state index contributed by atoms with van der Waals surface area (Å²) in [6.07, 6.45) is 3.79. The predicted octanol–water partition coefficient (Wildman–Crippen LogP) is 1.69. The zero-order valence-corrected chi connectivity index (χ0v) is 16.6. The van der Waals surface area contributed by atoms with Crippen molar-refractivity contribution in [3.05, 3.63) is 70.5 Å². The van der Waals surface area contributed by atoms with Crippen LogP contribution in [0.15, 0.2) is 54.4 Å². The number of amides is 1. The number of benzene rings is 1. The Labute approximate surface area is 169 Å². The molecule has 0 spiro atoms. The monoisotopic (exact) mass is 400 g/mol. The Morgan fingerprint density at radius 3 is 2.57 bits per heavy atom. The van der Waals surface area contributed by atoms with Crippen LogP contribution in [-0.2, 0) is 9.59 Å². The van der Waals surface area contributed by atoms with Gasteiger partial charge in [-0.3, -0.25) is 14.6 Å². The molecule has 7 heteroatoms. The summed E-state index contributed by atoms with van der Waals surface area (Å²) in [5.41, 5.74) is 1.22. The SMILES string of the molecule is C[NH+](C)CCCN1C(=O)C(=O)C(=C(O)c2ccncc2)[C@@H]1c1cccc(Cl)c1. The van der Waals surface area contributed by atoms with Crippen LogP contribution in [0.4, 0.5) is 0 Å². The Balaban J connectivity index is 2.08. The number of hydrogen-bond donors (Lipinski definition) is 2. The minimum Gasteiger partial charge on any atom is -0.507 e. The average Bonchev–Trinajstić information content (AvgIpc) is 2.93. The van der Waals surface area contributed by atoms with Crippen LogP contribution in [0.3, 0.4) is 0 Å². The number of aliphatic hydroxyl groups excluding tert-OH is 1. The fraction of sp³-hybridized carbons (Fsp3) is 0.286. The molecule has 1 aliphatic rings. The molecule has 0 radical (unpaired) electrons. The second kappa shape index (κ2) is 8.54. The molecule has 1 amide bonds. The third-order valence-corrected chi connectivity index (χ3v) is 4.97. The highest BCUT2D eigenvalue weighted by Gasteiger charge is 2.45. The summed E-state index contributed by atoms with van der Waals surface area (Å²) >= 11 is 6.16. The highest BCUT2D eigenvalue weighted by Crippen LogP contribution is 2.39. The molecular formula is C21H23ClN3O3+. The van der Waals surface area contributed by atoms with Crippen LogP contribution in [0.5, 0.6) is 0 Å². The van der Waals surface area contributed by atoms with Crippen molar-refractivity contribution in [2.75, 3.05) is 27.2 Å². The second-order valence-electron chi connectivity index (χ2n) is 7.09. The van der Waals surface area contributed by atoms with Gasteiger partial charge in [0.2, 0.25) is 0 Å². The first-order valence-electron chi connectivity index (χ1n) is 9.13. The van der Waals surface area contributed by atoms with Gasteiger partial charge in [-0.15, -0.1) is 0 Å². The third-order valence-electron chi connectivity index (χ3n) is 4.73. The number of aliphatic hydroxyl groups is 1. The lowest BCUT2D eigenvalue weighted by Crippen LogP contribution is -3.05. The standard InChI is InChI=1S/C21H22ClN3O3/c1-24(2)11-4-12-25-18(15-5-3-6-16(22)13-15)17(20(27)21(25)28)19(26)14-7-9-23-10-8-14/h3,5-10,13,18,26H,4,11-12H2,1-2H3/p+1/t18-/m0/s1. The molecule has 1 atom stereocenters. The van der Waals surface area contributed by atoms with Gasteiger partial charge in [0.15, 0.2) is 0 Å². The number of carbonyl (C=O) groups is 2. The molecule has 6 nitrogen and oxygen atoms in total. The van der Waals surface area contributed by atoms with Crippen molar-refractivity contribution in [2.24, 2.45) is 0 Å². The maximum Gasteiger partial charge on any atom is 0.295 e. The fourth-order valence-corrected chi connectivity index (χ4v) is 3.60. The Morgan fingerprint density at radius 2 is 1.93 bits per heavy atom. The number of nitrogens with zero attached hydrogens (tertiary/aromatic N) is 2. The summed E-state index contributed by atoms with van der Waals surface area (Å²) < 4.78 is 0. The smallest absolute Gasteiger partial charge is 0.295 e. The molecule has 0 saturated carbocycles. The summed E-state index contributed by atoms with van der Waals surface area (Å²) in [5, 5.41) is 11.4. The van der Waals surface area contributed by atoms with Crippen molar-refractivity contribution in [1.29, 1.82) is 0 Å². The fourth-order valence-electron chi connectivity index (χ4n) is 3.40. The van der Waals surface area contributed by atoms with E-state index in [0.717, 1.165) is 13.0 Å². The zero-order valence-electron chi connectivity index (χ0n) is 15.9. The van der Waals surface area contributed by atoms with E-state index in [4.69, 9.17) is 11.6 Å². The van der Waals surface area contributed by atoms with E-state index in [2.05, 4.69) is 4.98 Å². The van der Waals surface area contributed by atoms with E-state index in [1.807, 2.05) is 20.2 Å². The highest BCUT2D eigenvalue weighted by molar-refractivity contribution is 6.46. The number of Topliss-reactive ketones (excluding diaryl/α,β-unsaturated/α-hetero) is 1. The molecule has 1 aliphatic heterocycles. The van der Waals surface area contributed by atoms with Crippen molar-refractivity contribution in [1.82, 2.24) is 9.88 Å². The van der Waals surface area contributed by atoms with Gasteiger partial charge in [0.25, 0.3) is 11.7 Å². The predicted molar refractivity (Wildman–Crippen MR) is 107 cm³/mol. The number of ketones is 1. The molecule has 146 valence electrons. The number of rotatable bonds is 6. The summed E-state index contributed by atoms with van der Waals surface area (Å²) in [4.78, 5) is 32.3. The molecule has 2 heterocycles. The number of carbonyl (C=O) groups excluding carboxylic acids is 2. The average molecular weight is 401 g/mol. The summed E-state index contributed by atoms with van der Waals surface area (Å²) in [6, 6.07) is 9.57. The van der Waals surface area contributed by atoms with E-state index in [1.54, 1.807) is 30.3 Å². The first kappa shape index (κ1) is 20.0. The molecule has 2 N–H and O–H groups in total. The van der Waals surface area contributed by atoms with E-state index in [9.17, 15) is 14.7 Å². The largest absolute Gasteiger partial charge is 0.507 e. The van der Waals surface area contributed by atoms with Crippen LogP contribution in [0.1, 0.15) is 23.6 Å². The Kier molecular flexibility index (Phi) is 6.11. The maximum atomic E-state index is 12.8. The van der Waals surface area contributed by atoms with Gasteiger partial charge in [0, 0.05) is 35.9 Å². The van der Waals surface area contributed by atoms with Gasteiger partial charge >= 0.3 is 0 Å². The topological polar surface area (TPSA) is 74.9 Å². The van der Waals surface area contributed by atoms with Crippen LogP contribution < -0.4 is 4.90 Å². The number of nitrogens with one attached hydrogen (secondary N) is 1. The summed E-state index contributed by atoms with van der Waals surface area (Å²) in [7, 11) is 4.07. The highest BCUT2D eigenvalue weighted by atomic mass is 35.5. The molecule has 0 aliphatic carbocycles. The first-order valence-corrected chi connectivity index (χ1v) is 9.51. The molecule has 1 aromatic heterocycles. The molecule has 0 unspecified atom stereocenters. The van der Waals surface area contributed by atoms with Gasteiger partial charge in [-0.2, -0.15) is 0 Å². The number of hydrogen-bond acceptors (Lipinski definition) is 4. The maximum absolute atomic E-state index is 12.8. The molecule has 0 bridgehead atoms. The van der Waals surface area contributed by atoms with Crippen LogP contribution in [-0.4, -0.2) is 53.9 Å². The molecule has 1 aromatic carbocycles. The van der Waals surface area contributed by atoms with Gasteiger partial charge in [0.1, 0.15) is 5.76 Å². The van der Waals surface area contributed by atoms with E-state index >= 15 is 0 Å². The van der Waals surface area contributed by atoms with Crippen LogP contribution in [0, 0.1) is 0 Å². The van der Waals surface area contributed by atoms with E-state index in [0.29, 0.717) is 22.7 Å². The molecule has 1 saturated heterocycles. The van der Waals surface area contributed by atoms with Crippen LogP contribution in [0.2, 0.25) is 5.02 Å². The van der Waals surface area contributed by atoms with Gasteiger partial charge in [-0.05, 0) is 29.8 Å². The molecule has 3 rings (SSSR count). The molecule has 28 heavy (non-hydrogen) atoms. The Bertz CT molecular complexity index is 912. The number of aromatic nitrogens is 1. The quantitative estimate of drug-likeness (QED) is 0.439. The van der Waals surface area contributed by atoms with Gasteiger partial charge in [-0.25, -0.2) is 0 Å². The van der Waals surface area contributed by atoms with E-state index < -0.39 is 17.7 Å². The zero-order chi connectivity index (χ0) is 20.3. The van der Waals surface area contributed by atoms with Gasteiger partial charge < -0.3 is 14.9 Å². The normalized spacial score (nSPS) is 18.9. The minimum absolute atomic E-state index is 0.0793. The van der Waals surface area contributed by atoms with Crippen LogP contribution in [0.25, 0.3) is 5.76 Å². The summed E-state index contributed by atoms with van der Waals surface area (Å²) in [6.45, 7) is 1.27. The Morgan fingerprint density at radius 1 is 1.21 bits per heavy atom. The third kappa shape index (κ3) is 4.08. The van der Waals surface area contributed by atoms with Crippen molar-refractivity contribution in [3.63, 3.8) is 0 Å². The van der Waals surface area contributed by atoms with Gasteiger partial charge in [0.05, 0.1) is 32.3 Å².